The summed E-state index contributed by atoms with van der Waals surface area (Å²) in [5.41, 5.74) is 0.119. The van der Waals surface area contributed by atoms with Crippen molar-refractivity contribution in [2.75, 3.05) is 6.54 Å². The van der Waals surface area contributed by atoms with Crippen molar-refractivity contribution >= 4 is 0 Å². The Bertz CT molecular complexity index is 520. The van der Waals surface area contributed by atoms with Crippen LogP contribution >= 0.6 is 0 Å². The minimum absolute atomic E-state index is 0.0783. The summed E-state index contributed by atoms with van der Waals surface area (Å²) in [6, 6.07) is 0. The Morgan fingerprint density at radius 1 is 1.10 bits per heavy atom. The fourth-order valence-electron chi connectivity index (χ4n) is 3.31. The highest BCUT2D eigenvalue weighted by molar-refractivity contribution is 5.31. The van der Waals surface area contributed by atoms with Gasteiger partial charge in [0, 0.05) is 18.0 Å². The first-order valence-corrected chi connectivity index (χ1v) is 7.62. The number of nitrogens with one attached hydrogen (secondary N) is 1. The summed E-state index contributed by atoms with van der Waals surface area (Å²) in [7, 11) is 0. The van der Waals surface area contributed by atoms with Crippen molar-refractivity contribution in [3.05, 3.63) is 22.8 Å². The van der Waals surface area contributed by atoms with Gasteiger partial charge in [0.15, 0.2) is 5.69 Å². The third-order valence-corrected chi connectivity index (χ3v) is 4.60. The van der Waals surface area contributed by atoms with Crippen LogP contribution in [0.3, 0.4) is 0 Å². The van der Waals surface area contributed by atoms with Crippen molar-refractivity contribution in [3.63, 3.8) is 0 Å². The van der Waals surface area contributed by atoms with E-state index in [1.807, 2.05) is 0 Å². The lowest BCUT2D eigenvalue weighted by molar-refractivity contribution is -0.142. The molecule has 3 rings (SSSR count). The highest BCUT2D eigenvalue weighted by Crippen LogP contribution is 2.37. The Balaban J connectivity index is 1.98. The van der Waals surface area contributed by atoms with Crippen molar-refractivity contribution in [1.82, 2.24) is 15.3 Å². The fraction of sp³-hybridized carbons (Fsp3) is 0.733. The number of nitrogens with zero attached hydrogens (tertiary/aromatic N) is 2. The zero-order valence-corrected chi connectivity index (χ0v) is 12.1. The van der Waals surface area contributed by atoms with Crippen LogP contribution in [-0.4, -0.2) is 16.5 Å². The number of rotatable bonds is 1. The van der Waals surface area contributed by atoms with Gasteiger partial charge in [0.2, 0.25) is 0 Å². The molecule has 21 heavy (non-hydrogen) atoms. The maximum absolute atomic E-state index is 13.3. The first-order valence-electron chi connectivity index (χ1n) is 7.62. The normalized spacial score (nSPS) is 26.5. The molecule has 116 valence electrons. The van der Waals surface area contributed by atoms with E-state index in [9.17, 15) is 13.2 Å². The summed E-state index contributed by atoms with van der Waals surface area (Å²) >= 11 is 0. The molecule has 2 aliphatic rings. The second-order valence-corrected chi connectivity index (χ2v) is 6.24. The van der Waals surface area contributed by atoms with Gasteiger partial charge >= 0.3 is 6.18 Å². The lowest BCUT2D eigenvalue weighted by Gasteiger charge is -2.27. The van der Waals surface area contributed by atoms with Gasteiger partial charge in [0.05, 0.1) is 5.69 Å². The predicted molar refractivity (Wildman–Crippen MR) is 72.8 cm³/mol. The Hall–Kier alpha value is -1.17. The van der Waals surface area contributed by atoms with E-state index >= 15 is 0 Å². The smallest absolute Gasteiger partial charge is 0.311 e. The molecular weight excluding hydrogens is 279 g/mol. The number of fused-ring (bicyclic) bond motifs is 1. The maximum atomic E-state index is 13.3. The molecule has 0 atom stereocenters. The zero-order valence-electron chi connectivity index (χ0n) is 12.1. The lowest BCUT2D eigenvalue weighted by atomic mass is 9.82. The van der Waals surface area contributed by atoms with E-state index in [2.05, 4.69) is 22.2 Å². The first kappa shape index (κ1) is 14.8. The van der Waals surface area contributed by atoms with E-state index in [0.29, 0.717) is 36.9 Å². The third kappa shape index (κ3) is 3.05. The van der Waals surface area contributed by atoms with Crippen molar-refractivity contribution in [3.8, 4) is 0 Å². The van der Waals surface area contributed by atoms with Gasteiger partial charge in [-0.15, -0.1) is 0 Å². The van der Waals surface area contributed by atoms with Gasteiger partial charge in [-0.05, 0) is 31.7 Å². The average Bonchev–Trinajstić information content (AvgIpc) is 2.46. The Morgan fingerprint density at radius 3 is 2.48 bits per heavy atom. The van der Waals surface area contributed by atoms with E-state index in [1.54, 1.807) is 0 Å². The number of halogens is 3. The molecule has 0 aromatic carbocycles. The highest BCUT2D eigenvalue weighted by Gasteiger charge is 2.38. The third-order valence-electron chi connectivity index (χ3n) is 4.60. The number of aromatic nitrogens is 2. The molecule has 0 unspecified atom stereocenters. The van der Waals surface area contributed by atoms with Crippen LogP contribution in [0.4, 0.5) is 13.2 Å². The van der Waals surface area contributed by atoms with Crippen LogP contribution in [0.25, 0.3) is 0 Å². The summed E-state index contributed by atoms with van der Waals surface area (Å²) in [4.78, 5) is 8.40. The molecule has 0 spiro atoms. The van der Waals surface area contributed by atoms with E-state index in [4.69, 9.17) is 0 Å². The monoisotopic (exact) mass is 299 g/mol. The zero-order chi connectivity index (χ0) is 15.0. The molecule has 1 aliphatic carbocycles. The van der Waals surface area contributed by atoms with Crippen molar-refractivity contribution in [2.45, 2.75) is 57.7 Å². The van der Waals surface area contributed by atoms with Crippen LogP contribution in [0.15, 0.2) is 0 Å². The largest absolute Gasteiger partial charge is 0.433 e. The van der Waals surface area contributed by atoms with Crippen LogP contribution < -0.4 is 5.32 Å². The lowest BCUT2D eigenvalue weighted by Crippen LogP contribution is -2.30. The van der Waals surface area contributed by atoms with Gasteiger partial charge in [0.1, 0.15) is 5.82 Å². The molecule has 1 aliphatic heterocycles. The van der Waals surface area contributed by atoms with Gasteiger partial charge in [0.25, 0.3) is 0 Å². The van der Waals surface area contributed by atoms with Gasteiger partial charge in [-0.1, -0.05) is 19.8 Å². The van der Waals surface area contributed by atoms with E-state index in [-0.39, 0.29) is 11.5 Å². The van der Waals surface area contributed by atoms with Crippen LogP contribution in [0, 0.1) is 5.92 Å². The Kier molecular flexibility index (Phi) is 3.90. The van der Waals surface area contributed by atoms with E-state index < -0.39 is 11.9 Å². The molecule has 1 N–H and O–H groups in total. The van der Waals surface area contributed by atoms with Gasteiger partial charge in [-0.2, -0.15) is 13.2 Å². The van der Waals surface area contributed by atoms with Crippen molar-refractivity contribution in [2.24, 2.45) is 5.92 Å². The summed E-state index contributed by atoms with van der Waals surface area (Å²) in [6.07, 6.45) is -0.155. The number of hydrogen-bond donors (Lipinski definition) is 1. The standard InChI is InChI=1S/C15H20F3N3/c1-9-2-4-10(5-3-9)14-20-12-8-19-7-6-11(12)13(21-14)15(16,17)18/h9-10,19H,2-8H2,1H3. The molecule has 3 nitrogen and oxygen atoms in total. The number of hydrogen-bond acceptors (Lipinski definition) is 3. The second kappa shape index (κ2) is 5.55. The van der Waals surface area contributed by atoms with Gasteiger partial charge < -0.3 is 5.32 Å². The highest BCUT2D eigenvalue weighted by atomic mass is 19.4. The second-order valence-electron chi connectivity index (χ2n) is 6.24. The molecule has 0 bridgehead atoms. The SMILES string of the molecule is CC1CCC(c2nc3c(c(C(F)(F)F)n2)CCNC3)CC1. The quantitative estimate of drug-likeness (QED) is 0.863. The van der Waals surface area contributed by atoms with Crippen LogP contribution in [-0.2, 0) is 19.1 Å². The predicted octanol–water partition coefficient (Wildman–Crippen LogP) is 3.43. The van der Waals surface area contributed by atoms with Gasteiger partial charge in [-0.3, -0.25) is 0 Å². The molecule has 0 radical (unpaired) electrons. The summed E-state index contributed by atoms with van der Waals surface area (Å²) < 4.78 is 39.8. The summed E-state index contributed by atoms with van der Waals surface area (Å²) in [5.74, 6) is 1.13. The molecule has 0 saturated heterocycles. The van der Waals surface area contributed by atoms with E-state index in [0.717, 1.165) is 25.7 Å². The summed E-state index contributed by atoms with van der Waals surface area (Å²) in [5, 5.41) is 3.10. The van der Waals surface area contributed by atoms with E-state index in [1.165, 1.54) is 0 Å². The Labute approximate surface area is 122 Å². The Morgan fingerprint density at radius 2 is 1.81 bits per heavy atom. The molecule has 2 heterocycles. The fourth-order valence-corrected chi connectivity index (χ4v) is 3.31. The molecule has 1 aromatic heterocycles. The first-order chi connectivity index (χ1) is 9.95. The van der Waals surface area contributed by atoms with Gasteiger partial charge in [-0.25, -0.2) is 9.97 Å². The molecule has 1 fully saturated rings. The summed E-state index contributed by atoms with van der Waals surface area (Å²) in [6.45, 7) is 3.16. The average molecular weight is 299 g/mol. The van der Waals surface area contributed by atoms with Crippen molar-refractivity contribution < 1.29 is 13.2 Å². The van der Waals surface area contributed by atoms with Crippen LogP contribution in [0.5, 0.6) is 0 Å². The van der Waals surface area contributed by atoms with Crippen molar-refractivity contribution in [1.29, 1.82) is 0 Å². The minimum atomic E-state index is -4.39. The molecule has 6 heteroatoms. The maximum Gasteiger partial charge on any atom is 0.433 e. The molecule has 1 saturated carbocycles. The molecular formula is C15H20F3N3. The molecule has 0 amide bonds. The van der Waals surface area contributed by atoms with Crippen LogP contribution in [0.2, 0.25) is 0 Å². The topological polar surface area (TPSA) is 37.8 Å². The minimum Gasteiger partial charge on any atom is -0.311 e. The number of alkyl halides is 3. The molecule has 1 aromatic rings. The van der Waals surface area contributed by atoms with Crippen LogP contribution in [0.1, 0.15) is 61.3 Å².